The van der Waals surface area contributed by atoms with E-state index >= 15 is 0 Å². The van der Waals surface area contributed by atoms with E-state index in [1.165, 1.54) is 6.92 Å². The first-order valence-corrected chi connectivity index (χ1v) is 9.91. The summed E-state index contributed by atoms with van der Waals surface area (Å²) >= 11 is 0. The summed E-state index contributed by atoms with van der Waals surface area (Å²) in [6, 6.07) is 0. The third kappa shape index (κ3) is 2.19. The van der Waals surface area contributed by atoms with Crippen LogP contribution in [0.2, 0.25) is 0 Å². The van der Waals surface area contributed by atoms with Crippen molar-refractivity contribution in [3.63, 3.8) is 0 Å². The molecule has 4 fully saturated rings. The Kier molecular flexibility index (Phi) is 3.65. The zero-order valence-corrected chi connectivity index (χ0v) is 15.6. The minimum Gasteiger partial charge on any atom is -0.382 e. The van der Waals surface area contributed by atoms with Gasteiger partial charge in [-0.1, -0.05) is 13.8 Å². The van der Waals surface area contributed by atoms with Crippen molar-refractivity contribution in [1.82, 2.24) is 0 Å². The van der Waals surface area contributed by atoms with E-state index in [0.717, 1.165) is 25.7 Å². The van der Waals surface area contributed by atoms with Crippen molar-refractivity contribution >= 4 is 17.3 Å². The van der Waals surface area contributed by atoms with E-state index in [0.29, 0.717) is 37.4 Å². The summed E-state index contributed by atoms with van der Waals surface area (Å²) in [7, 11) is 0. The van der Waals surface area contributed by atoms with Crippen LogP contribution in [0.15, 0.2) is 0 Å². The minimum absolute atomic E-state index is 0.00717. The molecule has 7 atom stereocenters. The van der Waals surface area contributed by atoms with Gasteiger partial charge in [0.2, 0.25) is 0 Å². The number of ketones is 3. The second-order valence-electron chi connectivity index (χ2n) is 9.82. The maximum absolute atomic E-state index is 13.1. The van der Waals surface area contributed by atoms with Gasteiger partial charge in [0.1, 0.15) is 17.2 Å². The van der Waals surface area contributed by atoms with E-state index in [2.05, 4.69) is 13.8 Å². The van der Waals surface area contributed by atoms with Crippen molar-refractivity contribution < 1.29 is 19.5 Å². The highest BCUT2D eigenvalue weighted by Gasteiger charge is 2.64. The Balaban J connectivity index is 1.67. The highest BCUT2D eigenvalue weighted by atomic mass is 16.3. The lowest BCUT2D eigenvalue weighted by atomic mass is 9.44. The van der Waals surface area contributed by atoms with Crippen LogP contribution in [-0.4, -0.2) is 28.1 Å². The van der Waals surface area contributed by atoms with Gasteiger partial charge in [-0.15, -0.1) is 0 Å². The lowest BCUT2D eigenvalue weighted by Crippen LogP contribution is -2.59. The molecule has 4 rings (SSSR count). The van der Waals surface area contributed by atoms with Crippen LogP contribution >= 0.6 is 0 Å². The van der Waals surface area contributed by atoms with Gasteiger partial charge in [-0.2, -0.15) is 0 Å². The lowest BCUT2D eigenvalue weighted by molar-refractivity contribution is -0.172. The molecule has 4 saturated carbocycles. The smallest absolute Gasteiger partial charge is 0.161 e. The Hall–Kier alpha value is -1.03. The van der Waals surface area contributed by atoms with Gasteiger partial charge in [0, 0.05) is 24.2 Å². The zero-order chi connectivity index (χ0) is 18.2. The Bertz CT molecular complexity index is 654. The number of carbonyl (C=O) groups is 3. The largest absolute Gasteiger partial charge is 0.382 e. The van der Waals surface area contributed by atoms with Crippen molar-refractivity contribution in [3.8, 4) is 0 Å². The summed E-state index contributed by atoms with van der Waals surface area (Å²) in [4.78, 5) is 37.5. The number of aliphatic hydroxyl groups is 1. The lowest BCUT2D eigenvalue weighted by Gasteiger charge is -2.60. The Morgan fingerprint density at radius 1 is 1.08 bits per heavy atom. The van der Waals surface area contributed by atoms with E-state index in [1.807, 2.05) is 0 Å². The highest BCUT2D eigenvalue weighted by molar-refractivity contribution is 5.91. The molecule has 4 nitrogen and oxygen atoms in total. The van der Waals surface area contributed by atoms with E-state index in [-0.39, 0.29) is 40.2 Å². The fraction of sp³-hybridized carbons (Fsp3) is 0.857. The van der Waals surface area contributed by atoms with Gasteiger partial charge in [0.15, 0.2) is 5.78 Å². The Morgan fingerprint density at radius 3 is 2.48 bits per heavy atom. The predicted octanol–water partition coefficient (Wildman–Crippen LogP) is 3.10. The maximum atomic E-state index is 13.1. The molecule has 0 amide bonds. The molecule has 0 bridgehead atoms. The van der Waals surface area contributed by atoms with Gasteiger partial charge in [-0.3, -0.25) is 14.4 Å². The minimum atomic E-state index is -1.25. The van der Waals surface area contributed by atoms with E-state index in [9.17, 15) is 19.5 Å². The van der Waals surface area contributed by atoms with Gasteiger partial charge in [-0.05, 0) is 68.6 Å². The van der Waals surface area contributed by atoms with Crippen LogP contribution in [0.4, 0.5) is 0 Å². The van der Waals surface area contributed by atoms with Crippen LogP contribution in [-0.2, 0) is 14.4 Å². The van der Waals surface area contributed by atoms with Crippen LogP contribution < -0.4 is 0 Å². The predicted molar refractivity (Wildman–Crippen MR) is 92.8 cm³/mol. The topological polar surface area (TPSA) is 71.4 Å². The third-order valence-corrected chi connectivity index (χ3v) is 8.90. The van der Waals surface area contributed by atoms with Gasteiger partial charge in [-0.25, -0.2) is 0 Å². The van der Waals surface area contributed by atoms with Crippen LogP contribution in [0.25, 0.3) is 0 Å². The summed E-state index contributed by atoms with van der Waals surface area (Å²) in [5.41, 5.74) is -1.54. The Morgan fingerprint density at radius 2 is 1.80 bits per heavy atom. The first kappa shape index (κ1) is 17.4. The second-order valence-corrected chi connectivity index (χ2v) is 9.82. The second kappa shape index (κ2) is 5.25. The molecule has 0 heterocycles. The molecule has 0 spiro atoms. The van der Waals surface area contributed by atoms with E-state index < -0.39 is 5.60 Å². The molecule has 4 aliphatic carbocycles. The van der Waals surface area contributed by atoms with Gasteiger partial charge < -0.3 is 5.11 Å². The van der Waals surface area contributed by atoms with Crippen LogP contribution in [0, 0.1) is 34.5 Å². The summed E-state index contributed by atoms with van der Waals surface area (Å²) in [6.45, 7) is 5.83. The van der Waals surface area contributed by atoms with Crippen molar-refractivity contribution in [3.05, 3.63) is 0 Å². The van der Waals surface area contributed by atoms with Gasteiger partial charge >= 0.3 is 0 Å². The molecule has 0 saturated heterocycles. The average molecular weight is 346 g/mol. The van der Waals surface area contributed by atoms with E-state index in [1.54, 1.807) is 0 Å². The highest BCUT2D eigenvalue weighted by Crippen LogP contribution is 2.65. The molecule has 0 radical (unpaired) electrons. The number of rotatable bonds is 1. The standard InChI is InChI=1S/C21H30O4/c1-12(22)21(25)9-8-19(2)13(11-21)10-16(23)18-14-4-5-17(24)20(14,3)7-6-15(18)19/h13-15,18,25H,4-11H2,1-3H3/t13-,14?,15?,18?,19-,20-,21?/m0/s1. The molecule has 0 aromatic heterocycles. The first-order chi connectivity index (χ1) is 11.6. The summed E-state index contributed by atoms with van der Waals surface area (Å²) in [5, 5.41) is 10.7. The molecular formula is C21H30O4. The fourth-order valence-electron chi connectivity index (χ4n) is 7.02. The Labute approximate surface area is 149 Å². The molecule has 4 aliphatic rings. The van der Waals surface area contributed by atoms with E-state index in [4.69, 9.17) is 0 Å². The molecule has 4 heteroatoms. The van der Waals surface area contributed by atoms with Gasteiger partial charge in [0.05, 0.1) is 0 Å². The van der Waals surface area contributed by atoms with Gasteiger partial charge in [0.25, 0.3) is 0 Å². The van der Waals surface area contributed by atoms with Crippen LogP contribution in [0.3, 0.4) is 0 Å². The molecule has 0 aliphatic heterocycles. The molecule has 138 valence electrons. The quantitative estimate of drug-likeness (QED) is 0.792. The molecule has 4 unspecified atom stereocenters. The summed E-state index contributed by atoms with van der Waals surface area (Å²) < 4.78 is 0. The number of hydrogen-bond acceptors (Lipinski definition) is 4. The fourth-order valence-corrected chi connectivity index (χ4v) is 7.02. The molecular weight excluding hydrogens is 316 g/mol. The number of carbonyl (C=O) groups excluding carboxylic acids is 3. The average Bonchev–Trinajstić information content (AvgIpc) is 2.85. The van der Waals surface area contributed by atoms with Crippen molar-refractivity contribution in [2.45, 2.75) is 77.7 Å². The normalized spacial score (nSPS) is 52.3. The molecule has 25 heavy (non-hydrogen) atoms. The summed E-state index contributed by atoms with van der Waals surface area (Å²) in [5.74, 6) is 1.08. The maximum Gasteiger partial charge on any atom is 0.161 e. The molecule has 1 N–H and O–H groups in total. The summed E-state index contributed by atoms with van der Waals surface area (Å²) in [6.07, 6.45) is 5.52. The number of hydrogen-bond donors (Lipinski definition) is 1. The van der Waals surface area contributed by atoms with Crippen molar-refractivity contribution in [1.29, 1.82) is 0 Å². The van der Waals surface area contributed by atoms with Crippen LogP contribution in [0.5, 0.6) is 0 Å². The number of Topliss-reactive ketones (excluding diaryl/α,β-unsaturated/α-hetero) is 3. The molecule has 0 aromatic carbocycles. The first-order valence-electron chi connectivity index (χ1n) is 9.91. The zero-order valence-electron chi connectivity index (χ0n) is 15.6. The monoisotopic (exact) mass is 346 g/mol. The van der Waals surface area contributed by atoms with Crippen molar-refractivity contribution in [2.75, 3.05) is 0 Å². The SMILES string of the molecule is CC(=O)C1(O)CC[C@]2(C)C3CC[C@]4(C)C(=O)CCC4C3C(=O)C[C@H]2C1. The van der Waals surface area contributed by atoms with Crippen molar-refractivity contribution in [2.24, 2.45) is 34.5 Å². The van der Waals surface area contributed by atoms with Crippen LogP contribution in [0.1, 0.15) is 72.1 Å². The molecule has 0 aromatic rings. The number of fused-ring (bicyclic) bond motifs is 5. The third-order valence-electron chi connectivity index (χ3n) is 8.90.